The number of piperidine rings is 2. The molecule has 5 heterocycles. The standard InChI is InChI=1S/C21H24N2O3/c1-3-20-9-12-10-21(19(24)26-20)17-14(6-7-23(11-12)18(20)21)15-8-13(25-2)4-5-16(15)22-17/h4-5,8,12,18,22H,3,6-7,9-11H2,1-2H3/t12-,18+,20+,21-/m1/s1. The van der Waals surface area contributed by atoms with Gasteiger partial charge in [0.25, 0.3) is 0 Å². The van der Waals surface area contributed by atoms with Crippen molar-refractivity contribution in [1.82, 2.24) is 9.88 Å². The van der Waals surface area contributed by atoms with Gasteiger partial charge in [-0.2, -0.15) is 0 Å². The number of aromatic amines is 1. The minimum Gasteiger partial charge on any atom is -0.497 e. The van der Waals surface area contributed by atoms with Crippen molar-refractivity contribution in [2.45, 2.75) is 49.7 Å². The quantitative estimate of drug-likeness (QED) is 0.845. The maximum absolute atomic E-state index is 13.4. The van der Waals surface area contributed by atoms with Gasteiger partial charge in [0.15, 0.2) is 0 Å². The summed E-state index contributed by atoms with van der Waals surface area (Å²) in [5.74, 6) is 1.40. The molecule has 136 valence electrons. The molecule has 7 rings (SSSR count). The van der Waals surface area contributed by atoms with E-state index in [1.165, 1.54) is 10.9 Å². The van der Waals surface area contributed by atoms with Crippen LogP contribution in [0.5, 0.6) is 5.75 Å². The smallest absolute Gasteiger partial charge is 0.320 e. The SMILES string of the molecule is CC[C@@]12C[C@H]3CN4CCc5c([nH]c6ccc(OC)cc56)[C@@](C3)(C(=O)O1)[C@@H]42. The zero-order valence-corrected chi connectivity index (χ0v) is 15.3. The van der Waals surface area contributed by atoms with Gasteiger partial charge in [-0.15, -0.1) is 0 Å². The molecule has 0 spiro atoms. The summed E-state index contributed by atoms with van der Waals surface area (Å²) in [6, 6.07) is 6.34. The number of rotatable bonds is 2. The summed E-state index contributed by atoms with van der Waals surface area (Å²) in [5, 5.41) is 1.19. The topological polar surface area (TPSA) is 54.6 Å². The third kappa shape index (κ3) is 1.51. The lowest BCUT2D eigenvalue weighted by Crippen LogP contribution is -2.68. The predicted octanol–water partition coefficient (Wildman–Crippen LogP) is 2.77. The van der Waals surface area contributed by atoms with Crippen LogP contribution >= 0.6 is 0 Å². The fourth-order valence-electron chi connectivity index (χ4n) is 6.69. The van der Waals surface area contributed by atoms with E-state index < -0.39 is 5.41 Å². The van der Waals surface area contributed by atoms with Crippen LogP contribution in [0.1, 0.15) is 37.4 Å². The Balaban J connectivity index is 1.65. The van der Waals surface area contributed by atoms with Crippen LogP contribution in [0.15, 0.2) is 18.2 Å². The summed E-state index contributed by atoms with van der Waals surface area (Å²) in [4.78, 5) is 19.6. The average molecular weight is 352 g/mol. The van der Waals surface area contributed by atoms with Crippen molar-refractivity contribution in [3.8, 4) is 5.75 Å². The molecule has 5 aliphatic rings. The first-order valence-electron chi connectivity index (χ1n) is 9.78. The lowest BCUT2D eigenvalue weighted by atomic mass is 9.56. The summed E-state index contributed by atoms with van der Waals surface area (Å²) >= 11 is 0. The maximum atomic E-state index is 13.4. The van der Waals surface area contributed by atoms with E-state index in [0.717, 1.165) is 55.7 Å². The van der Waals surface area contributed by atoms with E-state index in [1.54, 1.807) is 7.11 Å². The number of H-pyrrole nitrogens is 1. The number of carbonyl (C=O) groups is 1. The Bertz CT molecular complexity index is 950. The highest BCUT2D eigenvalue weighted by Crippen LogP contribution is 2.62. The first-order valence-corrected chi connectivity index (χ1v) is 9.78. The molecule has 5 nitrogen and oxygen atoms in total. The van der Waals surface area contributed by atoms with Crippen LogP contribution in [-0.4, -0.2) is 47.7 Å². The van der Waals surface area contributed by atoms with Gasteiger partial charge in [0.2, 0.25) is 0 Å². The molecular formula is C21H24N2O3. The maximum Gasteiger partial charge on any atom is 0.320 e. The van der Waals surface area contributed by atoms with E-state index in [-0.39, 0.29) is 17.6 Å². The summed E-state index contributed by atoms with van der Waals surface area (Å²) < 4.78 is 11.6. The lowest BCUT2D eigenvalue weighted by molar-refractivity contribution is -0.153. The van der Waals surface area contributed by atoms with E-state index in [1.807, 2.05) is 6.07 Å². The van der Waals surface area contributed by atoms with Crippen molar-refractivity contribution >= 4 is 16.9 Å². The second-order valence-corrected chi connectivity index (χ2v) is 8.59. The van der Waals surface area contributed by atoms with Crippen LogP contribution in [0.3, 0.4) is 0 Å². The van der Waals surface area contributed by atoms with E-state index in [2.05, 4.69) is 28.9 Å². The number of methoxy groups -OCH3 is 1. The number of esters is 1. The van der Waals surface area contributed by atoms with Crippen molar-refractivity contribution in [3.63, 3.8) is 0 Å². The molecule has 5 atom stereocenters. The Morgan fingerprint density at radius 1 is 1.38 bits per heavy atom. The minimum atomic E-state index is -0.519. The number of nitrogens with zero attached hydrogens (tertiary/aromatic N) is 1. The van der Waals surface area contributed by atoms with Crippen molar-refractivity contribution in [2.75, 3.05) is 20.2 Å². The highest BCUT2D eigenvalue weighted by Gasteiger charge is 2.74. The second kappa shape index (κ2) is 4.63. The third-order valence-electron chi connectivity index (χ3n) is 7.53. The molecule has 2 aromatic rings. The van der Waals surface area contributed by atoms with Crippen LogP contribution in [0.4, 0.5) is 0 Å². The van der Waals surface area contributed by atoms with Gasteiger partial charge in [-0.3, -0.25) is 9.69 Å². The molecule has 3 saturated heterocycles. The second-order valence-electron chi connectivity index (χ2n) is 8.59. The molecule has 0 amide bonds. The van der Waals surface area contributed by atoms with E-state index in [0.29, 0.717) is 5.92 Å². The molecule has 5 bridgehead atoms. The zero-order valence-electron chi connectivity index (χ0n) is 15.3. The third-order valence-corrected chi connectivity index (χ3v) is 7.53. The Hall–Kier alpha value is -2.01. The van der Waals surface area contributed by atoms with Gasteiger partial charge >= 0.3 is 5.97 Å². The first-order chi connectivity index (χ1) is 12.6. The molecule has 4 fully saturated rings. The van der Waals surface area contributed by atoms with Crippen LogP contribution in [-0.2, 0) is 21.4 Å². The molecule has 0 radical (unpaired) electrons. The molecule has 1 unspecified atom stereocenters. The van der Waals surface area contributed by atoms with Crippen molar-refractivity contribution in [3.05, 3.63) is 29.5 Å². The molecule has 1 aliphatic carbocycles. The molecular weight excluding hydrogens is 328 g/mol. The Labute approximate surface area is 152 Å². The van der Waals surface area contributed by atoms with Gasteiger partial charge in [0.05, 0.1) is 13.2 Å². The van der Waals surface area contributed by atoms with E-state index in [4.69, 9.17) is 9.47 Å². The summed E-state index contributed by atoms with van der Waals surface area (Å²) in [6.45, 7) is 4.28. The van der Waals surface area contributed by atoms with Crippen LogP contribution < -0.4 is 4.74 Å². The van der Waals surface area contributed by atoms with Gasteiger partial charge in [-0.1, -0.05) is 6.92 Å². The number of nitrogens with one attached hydrogen (secondary N) is 1. The Kier molecular flexibility index (Phi) is 2.69. The molecule has 1 saturated carbocycles. The molecule has 1 aromatic carbocycles. The van der Waals surface area contributed by atoms with Crippen molar-refractivity contribution in [1.29, 1.82) is 0 Å². The molecule has 4 aliphatic heterocycles. The van der Waals surface area contributed by atoms with Gasteiger partial charge in [0, 0.05) is 29.7 Å². The van der Waals surface area contributed by atoms with Crippen molar-refractivity contribution in [2.24, 2.45) is 5.92 Å². The molecule has 1 aromatic heterocycles. The van der Waals surface area contributed by atoms with Gasteiger partial charge in [0.1, 0.15) is 16.8 Å². The molecule has 26 heavy (non-hydrogen) atoms. The highest BCUT2D eigenvalue weighted by molar-refractivity contribution is 5.94. The number of benzene rings is 1. The van der Waals surface area contributed by atoms with Crippen LogP contribution in [0.2, 0.25) is 0 Å². The first kappa shape index (κ1) is 15.1. The van der Waals surface area contributed by atoms with Gasteiger partial charge in [-0.25, -0.2) is 0 Å². The number of fused-ring (bicyclic) bond motifs is 3. The Morgan fingerprint density at radius 3 is 3.08 bits per heavy atom. The zero-order chi connectivity index (χ0) is 17.7. The van der Waals surface area contributed by atoms with Crippen LogP contribution in [0.25, 0.3) is 10.9 Å². The Morgan fingerprint density at radius 2 is 2.27 bits per heavy atom. The summed E-state index contributed by atoms with van der Waals surface area (Å²) in [7, 11) is 1.70. The largest absolute Gasteiger partial charge is 0.497 e. The predicted molar refractivity (Wildman–Crippen MR) is 97.4 cm³/mol. The lowest BCUT2D eigenvalue weighted by Gasteiger charge is -2.55. The fraction of sp³-hybridized carbons (Fsp3) is 0.571. The highest BCUT2D eigenvalue weighted by atomic mass is 16.6. The van der Waals surface area contributed by atoms with E-state index in [9.17, 15) is 4.79 Å². The van der Waals surface area contributed by atoms with Crippen LogP contribution in [0, 0.1) is 5.92 Å². The van der Waals surface area contributed by atoms with E-state index >= 15 is 0 Å². The molecule has 5 heteroatoms. The fourth-order valence-corrected chi connectivity index (χ4v) is 6.69. The minimum absolute atomic E-state index is 0.00165. The number of hydrogen-bond donors (Lipinski definition) is 1. The molecule has 1 N–H and O–H groups in total. The van der Waals surface area contributed by atoms with Crippen molar-refractivity contribution < 1.29 is 14.3 Å². The van der Waals surface area contributed by atoms with Gasteiger partial charge < -0.3 is 14.5 Å². The summed E-state index contributed by atoms with van der Waals surface area (Å²) in [5.41, 5.74) is 2.70. The summed E-state index contributed by atoms with van der Waals surface area (Å²) in [6.07, 6.45) is 3.83. The number of aromatic nitrogens is 1. The number of hydrogen-bond acceptors (Lipinski definition) is 4. The monoisotopic (exact) mass is 352 g/mol. The number of ether oxygens (including phenoxy) is 2. The average Bonchev–Trinajstić information content (AvgIpc) is 3.08. The number of carbonyl (C=O) groups excluding carboxylic acids is 1. The van der Waals surface area contributed by atoms with Gasteiger partial charge in [-0.05, 0) is 55.4 Å². The normalized spacial score (nSPS) is 39.6.